The van der Waals surface area contributed by atoms with Crippen LogP contribution in [0.5, 0.6) is 0 Å². The van der Waals surface area contributed by atoms with Gasteiger partial charge in [0.05, 0.1) is 10.7 Å². The second kappa shape index (κ2) is 6.01. The third kappa shape index (κ3) is 3.24. The maximum atomic E-state index is 12.2. The molecule has 3 N–H and O–H groups in total. The lowest BCUT2D eigenvalue weighted by Crippen LogP contribution is -2.24. The van der Waals surface area contributed by atoms with Crippen molar-refractivity contribution < 1.29 is 8.42 Å². The van der Waals surface area contributed by atoms with E-state index in [0.29, 0.717) is 10.6 Å². The number of hydrogen-bond donors (Lipinski definition) is 2. The summed E-state index contributed by atoms with van der Waals surface area (Å²) in [6.45, 7) is 0.0622. The van der Waals surface area contributed by atoms with Gasteiger partial charge >= 0.3 is 0 Å². The van der Waals surface area contributed by atoms with Crippen LogP contribution < -0.4 is 10.5 Å². The van der Waals surface area contributed by atoms with E-state index in [0.717, 1.165) is 0 Å². The Hall–Kier alpha value is -1.27. The summed E-state index contributed by atoms with van der Waals surface area (Å²) in [6, 6.07) is 11.5. The van der Waals surface area contributed by atoms with Crippen LogP contribution in [0, 0.1) is 0 Å². The summed E-state index contributed by atoms with van der Waals surface area (Å²) < 4.78 is 26.9. The molecule has 0 unspecified atom stereocenters. The van der Waals surface area contributed by atoms with Crippen LogP contribution in [-0.2, 0) is 16.6 Å². The fourth-order valence-electron chi connectivity index (χ4n) is 1.70. The first-order valence-corrected chi connectivity index (χ1v) is 7.93. The van der Waals surface area contributed by atoms with Gasteiger partial charge in [0, 0.05) is 11.6 Å². The average Bonchev–Trinajstić information content (AvgIpc) is 2.37. The molecule has 0 aliphatic carbocycles. The fourth-order valence-corrected chi connectivity index (χ4v) is 3.58. The molecule has 106 valence electrons. The predicted octanol–water partition coefficient (Wildman–Crippen LogP) is 3.05. The summed E-state index contributed by atoms with van der Waals surface area (Å²) in [5, 5.41) is 0.569. The van der Waals surface area contributed by atoms with Gasteiger partial charge in [-0.3, -0.25) is 0 Å². The minimum Gasteiger partial charge on any atom is -0.398 e. The Morgan fingerprint density at radius 2 is 1.65 bits per heavy atom. The van der Waals surface area contributed by atoms with Crippen LogP contribution in [0.3, 0.4) is 0 Å². The van der Waals surface area contributed by atoms with E-state index < -0.39 is 10.0 Å². The molecule has 0 aromatic heterocycles. The van der Waals surface area contributed by atoms with Gasteiger partial charge in [0.15, 0.2) is 0 Å². The fraction of sp³-hybridized carbons (Fsp3) is 0.0769. The molecular formula is C13H12Cl2N2O2S. The van der Waals surface area contributed by atoms with E-state index in [9.17, 15) is 8.42 Å². The molecule has 0 amide bonds. The zero-order valence-electron chi connectivity index (χ0n) is 10.3. The number of benzene rings is 2. The van der Waals surface area contributed by atoms with E-state index in [1.165, 1.54) is 12.1 Å². The third-order valence-electron chi connectivity index (χ3n) is 2.68. The molecule has 0 fully saturated rings. The second-order valence-corrected chi connectivity index (χ2v) is 6.59. The van der Waals surface area contributed by atoms with Crippen molar-refractivity contribution in [1.29, 1.82) is 0 Å². The van der Waals surface area contributed by atoms with E-state index in [-0.39, 0.29) is 22.2 Å². The molecule has 2 rings (SSSR count). The van der Waals surface area contributed by atoms with Crippen molar-refractivity contribution >= 4 is 38.9 Å². The largest absolute Gasteiger partial charge is 0.398 e. The monoisotopic (exact) mass is 330 g/mol. The second-order valence-electron chi connectivity index (χ2n) is 4.07. The number of hydrogen-bond acceptors (Lipinski definition) is 3. The third-order valence-corrected chi connectivity index (χ3v) is 4.99. The highest BCUT2D eigenvalue weighted by Crippen LogP contribution is 2.27. The molecule has 0 heterocycles. The van der Waals surface area contributed by atoms with Crippen molar-refractivity contribution in [3.63, 3.8) is 0 Å². The Bertz CT molecular complexity index is 713. The van der Waals surface area contributed by atoms with Gasteiger partial charge in [-0.2, -0.15) is 0 Å². The summed E-state index contributed by atoms with van der Waals surface area (Å²) in [6.07, 6.45) is 0. The first kappa shape index (κ1) is 15.1. The molecule has 0 atom stereocenters. The number of nitrogens with two attached hydrogens (primary N) is 1. The standard InChI is InChI=1S/C13H12Cl2N2O2S/c14-10-5-2-1-4-9(10)8-17-20(18,19)13-11(15)6-3-7-12(13)16/h1-7,17H,8,16H2. The zero-order valence-corrected chi connectivity index (χ0v) is 12.6. The minimum atomic E-state index is -3.80. The Kier molecular flexibility index (Phi) is 4.55. The van der Waals surface area contributed by atoms with Gasteiger partial charge in [0.2, 0.25) is 10.0 Å². The molecular weight excluding hydrogens is 319 g/mol. The van der Waals surface area contributed by atoms with Crippen LogP contribution in [0.25, 0.3) is 0 Å². The van der Waals surface area contributed by atoms with Crippen molar-refractivity contribution in [3.05, 3.63) is 58.1 Å². The number of anilines is 1. The lowest BCUT2D eigenvalue weighted by atomic mass is 10.2. The van der Waals surface area contributed by atoms with Crippen molar-refractivity contribution in [2.24, 2.45) is 0 Å². The van der Waals surface area contributed by atoms with Crippen molar-refractivity contribution in [3.8, 4) is 0 Å². The highest BCUT2D eigenvalue weighted by Gasteiger charge is 2.20. The van der Waals surface area contributed by atoms with Gasteiger partial charge in [-0.05, 0) is 23.8 Å². The molecule has 0 bridgehead atoms. The molecule has 0 saturated heterocycles. The van der Waals surface area contributed by atoms with Crippen molar-refractivity contribution in [2.75, 3.05) is 5.73 Å². The summed E-state index contributed by atoms with van der Waals surface area (Å²) in [7, 11) is -3.80. The van der Waals surface area contributed by atoms with Gasteiger partial charge in [-0.15, -0.1) is 0 Å². The van der Waals surface area contributed by atoms with Gasteiger partial charge in [-0.1, -0.05) is 47.5 Å². The Labute approximate surface area is 127 Å². The normalized spacial score (nSPS) is 11.5. The van der Waals surface area contributed by atoms with E-state index in [1.807, 2.05) is 0 Å². The highest BCUT2D eigenvalue weighted by atomic mass is 35.5. The molecule has 2 aromatic rings. The van der Waals surface area contributed by atoms with Crippen LogP contribution >= 0.6 is 23.2 Å². The first-order chi connectivity index (χ1) is 9.42. The quantitative estimate of drug-likeness (QED) is 0.846. The number of halogens is 2. The molecule has 0 radical (unpaired) electrons. The summed E-state index contributed by atoms with van der Waals surface area (Å²) in [5.74, 6) is 0. The lowest BCUT2D eigenvalue weighted by molar-refractivity contribution is 0.582. The maximum Gasteiger partial charge on any atom is 0.244 e. The first-order valence-electron chi connectivity index (χ1n) is 5.69. The molecule has 0 aliphatic heterocycles. The van der Waals surface area contributed by atoms with Crippen LogP contribution in [0.2, 0.25) is 10.0 Å². The topological polar surface area (TPSA) is 72.2 Å². The van der Waals surface area contributed by atoms with Crippen molar-refractivity contribution in [1.82, 2.24) is 4.72 Å². The molecule has 0 aliphatic rings. The summed E-state index contributed by atoms with van der Waals surface area (Å²) >= 11 is 11.9. The van der Waals surface area contributed by atoms with E-state index in [4.69, 9.17) is 28.9 Å². The van der Waals surface area contributed by atoms with Crippen molar-refractivity contribution in [2.45, 2.75) is 11.4 Å². The Morgan fingerprint density at radius 1 is 1.00 bits per heavy atom. The van der Waals surface area contributed by atoms with Gasteiger partial charge in [0.25, 0.3) is 0 Å². The number of rotatable bonds is 4. The number of nitrogens with one attached hydrogen (secondary N) is 1. The molecule has 0 spiro atoms. The van der Waals surface area contributed by atoms with Gasteiger partial charge < -0.3 is 5.73 Å². The van der Waals surface area contributed by atoms with E-state index in [2.05, 4.69) is 4.72 Å². The van der Waals surface area contributed by atoms with E-state index in [1.54, 1.807) is 30.3 Å². The zero-order chi connectivity index (χ0) is 14.8. The molecule has 20 heavy (non-hydrogen) atoms. The molecule has 0 saturated carbocycles. The average molecular weight is 331 g/mol. The number of nitrogen functional groups attached to an aromatic ring is 1. The van der Waals surface area contributed by atoms with Crippen LogP contribution in [0.4, 0.5) is 5.69 Å². The minimum absolute atomic E-state index is 0.0622. The molecule has 4 nitrogen and oxygen atoms in total. The van der Waals surface area contributed by atoms with Gasteiger partial charge in [0.1, 0.15) is 4.90 Å². The van der Waals surface area contributed by atoms with E-state index >= 15 is 0 Å². The Balaban J connectivity index is 2.27. The smallest absolute Gasteiger partial charge is 0.244 e. The van der Waals surface area contributed by atoms with Crippen LogP contribution in [-0.4, -0.2) is 8.42 Å². The SMILES string of the molecule is Nc1cccc(Cl)c1S(=O)(=O)NCc1ccccc1Cl. The summed E-state index contributed by atoms with van der Waals surface area (Å²) in [4.78, 5) is -0.117. The molecule has 2 aromatic carbocycles. The summed E-state index contributed by atoms with van der Waals surface area (Å²) in [5.41, 5.74) is 6.45. The van der Waals surface area contributed by atoms with Crippen LogP contribution in [0.15, 0.2) is 47.4 Å². The van der Waals surface area contributed by atoms with Gasteiger partial charge in [-0.25, -0.2) is 13.1 Å². The predicted molar refractivity (Wildman–Crippen MR) is 81.3 cm³/mol. The Morgan fingerprint density at radius 3 is 2.30 bits per heavy atom. The maximum absolute atomic E-state index is 12.2. The number of sulfonamides is 1. The lowest BCUT2D eigenvalue weighted by Gasteiger charge is -2.11. The van der Waals surface area contributed by atoms with Crippen LogP contribution in [0.1, 0.15) is 5.56 Å². The highest BCUT2D eigenvalue weighted by molar-refractivity contribution is 7.89. The molecule has 7 heteroatoms.